The van der Waals surface area contributed by atoms with Gasteiger partial charge >= 0.3 is 6.18 Å². The van der Waals surface area contributed by atoms with Crippen molar-refractivity contribution in [2.75, 3.05) is 7.05 Å². The summed E-state index contributed by atoms with van der Waals surface area (Å²) in [5.41, 5.74) is -0.933. The van der Waals surface area contributed by atoms with Crippen LogP contribution in [0.2, 0.25) is 0 Å². The average Bonchev–Trinajstić information content (AvgIpc) is 2.82. The number of nitrogens with zero attached hydrogens (tertiary/aromatic N) is 2. The summed E-state index contributed by atoms with van der Waals surface area (Å²) in [7, 11) is 1.54. The number of aromatic nitrogens is 1. The molecule has 0 bridgehead atoms. The van der Waals surface area contributed by atoms with Crippen LogP contribution < -0.4 is 0 Å². The molecule has 0 spiro atoms. The number of alkyl halides is 3. The second-order valence-corrected chi connectivity index (χ2v) is 4.60. The van der Waals surface area contributed by atoms with Crippen molar-refractivity contribution in [1.29, 1.82) is 0 Å². The molecule has 0 atom stereocenters. The molecule has 0 unspecified atom stereocenters. The molecule has 0 radical (unpaired) electrons. The van der Waals surface area contributed by atoms with Crippen LogP contribution in [-0.4, -0.2) is 22.8 Å². The van der Waals surface area contributed by atoms with Gasteiger partial charge < -0.3 is 9.32 Å². The van der Waals surface area contributed by atoms with Gasteiger partial charge in [-0.3, -0.25) is 9.78 Å². The van der Waals surface area contributed by atoms with Crippen LogP contribution in [0.3, 0.4) is 0 Å². The highest BCUT2D eigenvalue weighted by atomic mass is 19.4. The maximum Gasteiger partial charge on any atom is 0.433 e. The molecular weight excluding hydrogens is 285 g/mol. The summed E-state index contributed by atoms with van der Waals surface area (Å²) in [5, 5.41) is 0. The summed E-state index contributed by atoms with van der Waals surface area (Å²) < 4.78 is 42.5. The lowest BCUT2D eigenvalue weighted by atomic mass is 10.2. The third-order valence-corrected chi connectivity index (χ3v) is 2.84. The number of carbonyl (C=O) groups excluding carboxylic acids is 1. The maximum absolute atomic E-state index is 12.4. The summed E-state index contributed by atoms with van der Waals surface area (Å²) in [5.74, 6) is 0.899. The molecular formula is C14H13F3N2O2. The molecule has 2 rings (SSSR count). The van der Waals surface area contributed by atoms with Crippen LogP contribution in [0, 0.1) is 6.92 Å². The van der Waals surface area contributed by atoms with Crippen molar-refractivity contribution in [3.05, 3.63) is 53.2 Å². The number of hydrogen-bond donors (Lipinski definition) is 0. The van der Waals surface area contributed by atoms with E-state index in [0.29, 0.717) is 5.76 Å². The number of rotatable bonds is 3. The van der Waals surface area contributed by atoms with E-state index in [1.807, 2.05) is 0 Å². The Hall–Kier alpha value is -2.31. The van der Waals surface area contributed by atoms with Crippen molar-refractivity contribution < 1.29 is 22.4 Å². The van der Waals surface area contributed by atoms with Gasteiger partial charge in [0.15, 0.2) is 0 Å². The van der Waals surface area contributed by atoms with Crippen LogP contribution in [0.25, 0.3) is 0 Å². The van der Waals surface area contributed by atoms with Gasteiger partial charge in [-0.2, -0.15) is 13.2 Å². The molecule has 0 saturated carbocycles. The van der Waals surface area contributed by atoms with E-state index in [4.69, 9.17) is 4.42 Å². The average molecular weight is 298 g/mol. The second kappa shape index (κ2) is 5.59. The zero-order valence-electron chi connectivity index (χ0n) is 11.4. The zero-order valence-corrected chi connectivity index (χ0v) is 11.4. The summed E-state index contributed by atoms with van der Waals surface area (Å²) >= 11 is 0. The summed E-state index contributed by atoms with van der Waals surface area (Å²) in [6.45, 7) is 2.01. The van der Waals surface area contributed by atoms with Crippen LogP contribution in [0.4, 0.5) is 13.2 Å². The van der Waals surface area contributed by atoms with Gasteiger partial charge in [0.2, 0.25) is 0 Å². The molecule has 0 aliphatic heterocycles. The third kappa shape index (κ3) is 3.62. The summed E-state index contributed by atoms with van der Waals surface area (Å²) in [4.78, 5) is 16.7. The Morgan fingerprint density at radius 1 is 1.29 bits per heavy atom. The number of amides is 1. The molecule has 0 aromatic carbocycles. The van der Waals surface area contributed by atoms with Crippen molar-refractivity contribution >= 4 is 5.91 Å². The standard InChI is InChI=1S/C14H13F3N2O2/c1-9-3-5-11(21-9)8-19(2)13(20)10-4-6-12(18-7-10)14(15,16)17/h3-7H,8H2,1-2H3. The fraction of sp³-hybridized carbons (Fsp3) is 0.286. The van der Waals surface area contributed by atoms with Crippen molar-refractivity contribution in [1.82, 2.24) is 9.88 Å². The molecule has 0 saturated heterocycles. The van der Waals surface area contributed by atoms with Crippen molar-refractivity contribution in [3.8, 4) is 0 Å². The SMILES string of the molecule is Cc1ccc(CN(C)C(=O)c2ccc(C(F)(F)F)nc2)o1. The van der Waals surface area contributed by atoms with Crippen molar-refractivity contribution in [3.63, 3.8) is 0 Å². The van der Waals surface area contributed by atoms with Gasteiger partial charge in [0.1, 0.15) is 17.2 Å². The lowest BCUT2D eigenvalue weighted by molar-refractivity contribution is -0.141. The van der Waals surface area contributed by atoms with Crippen LogP contribution >= 0.6 is 0 Å². The number of furan rings is 1. The highest BCUT2D eigenvalue weighted by Gasteiger charge is 2.32. The quantitative estimate of drug-likeness (QED) is 0.873. The Morgan fingerprint density at radius 2 is 2.00 bits per heavy atom. The topological polar surface area (TPSA) is 46.3 Å². The predicted octanol–water partition coefficient (Wildman–Crippen LogP) is 3.27. The number of halogens is 3. The van der Waals surface area contributed by atoms with Gasteiger partial charge in [0.05, 0.1) is 12.1 Å². The Kier molecular flexibility index (Phi) is 4.02. The Labute approximate surface area is 119 Å². The molecule has 2 heterocycles. The van der Waals surface area contributed by atoms with E-state index in [-0.39, 0.29) is 12.1 Å². The lowest BCUT2D eigenvalue weighted by Gasteiger charge is -2.16. The molecule has 112 valence electrons. The first-order valence-corrected chi connectivity index (χ1v) is 6.11. The van der Waals surface area contributed by atoms with Crippen LogP contribution in [0.15, 0.2) is 34.9 Å². The first-order valence-electron chi connectivity index (χ1n) is 6.11. The monoisotopic (exact) mass is 298 g/mol. The molecule has 1 amide bonds. The van der Waals surface area contributed by atoms with E-state index < -0.39 is 17.8 Å². The van der Waals surface area contributed by atoms with Gasteiger partial charge in [0.25, 0.3) is 5.91 Å². The minimum atomic E-state index is -4.51. The Balaban J connectivity index is 2.08. The number of aryl methyl sites for hydroxylation is 1. The molecule has 0 fully saturated rings. The van der Waals surface area contributed by atoms with E-state index >= 15 is 0 Å². The van der Waals surface area contributed by atoms with Gasteiger partial charge in [-0.25, -0.2) is 0 Å². The fourth-order valence-corrected chi connectivity index (χ4v) is 1.78. The van der Waals surface area contributed by atoms with E-state index in [9.17, 15) is 18.0 Å². The summed E-state index contributed by atoms with van der Waals surface area (Å²) in [6, 6.07) is 5.41. The van der Waals surface area contributed by atoms with Crippen LogP contribution in [0.1, 0.15) is 27.6 Å². The van der Waals surface area contributed by atoms with Crippen molar-refractivity contribution in [2.24, 2.45) is 0 Å². The normalized spacial score (nSPS) is 11.5. The molecule has 21 heavy (non-hydrogen) atoms. The Morgan fingerprint density at radius 3 is 2.48 bits per heavy atom. The fourth-order valence-electron chi connectivity index (χ4n) is 1.78. The first-order chi connectivity index (χ1) is 9.77. The highest BCUT2D eigenvalue weighted by molar-refractivity contribution is 5.93. The summed E-state index contributed by atoms with van der Waals surface area (Å²) in [6.07, 6.45) is -3.59. The number of hydrogen-bond acceptors (Lipinski definition) is 3. The van der Waals surface area contributed by atoms with Gasteiger partial charge in [0, 0.05) is 13.2 Å². The predicted molar refractivity (Wildman–Crippen MR) is 68.5 cm³/mol. The van der Waals surface area contributed by atoms with E-state index in [1.54, 1.807) is 19.1 Å². The molecule has 2 aromatic heterocycles. The van der Waals surface area contributed by atoms with Crippen LogP contribution in [-0.2, 0) is 12.7 Å². The van der Waals surface area contributed by atoms with Gasteiger partial charge in [-0.05, 0) is 31.2 Å². The van der Waals surface area contributed by atoms with Crippen LogP contribution in [0.5, 0.6) is 0 Å². The van der Waals surface area contributed by atoms with E-state index in [0.717, 1.165) is 24.1 Å². The lowest BCUT2D eigenvalue weighted by Crippen LogP contribution is -2.26. The molecule has 0 aliphatic rings. The van der Waals surface area contributed by atoms with E-state index in [1.165, 1.54) is 11.9 Å². The van der Waals surface area contributed by atoms with Gasteiger partial charge in [-0.15, -0.1) is 0 Å². The molecule has 2 aromatic rings. The minimum Gasteiger partial charge on any atom is -0.464 e. The number of pyridine rings is 1. The number of carbonyl (C=O) groups is 1. The highest BCUT2D eigenvalue weighted by Crippen LogP contribution is 2.27. The second-order valence-electron chi connectivity index (χ2n) is 4.60. The third-order valence-electron chi connectivity index (χ3n) is 2.84. The Bertz CT molecular complexity index is 632. The molecule has 0 aliphatic carbocycles. The van der Waals surface area contributed by atoms with Gasteiger partial charge in [-0.1, -0.05) is 0 Å². The minimum absolute atomic E-state index is 0.0915. The smallest absolute Gasteiger partial charge is 0.433 e. The first kappa shape index (κ1) is 15.1. The maximum atomic E-state index is 12.4. The molecule has 4 nitrogen and oxygen atoms in total. The molecule has 0 N–H and O–H groups in total. The van der Waals surface area contributed by atoms with Crippen molar-refractivity contribution in [2.45, 2.75) is 19.6 Å². The van der Waals surface area contributed by atoms with E-state index in [2.05, 4.69) is 4.98 Å². The zero-order chi connectivity index (χ0) is 15.6. The largest absolute Gasteiger partial charge is 0.464 e. The molecule has 7 heteroatoms.